The highest BCUT2D eigenvalue weighted by Crippen LogP contribution is 2.22. The van der Waals surface area contributed by atoms with Crippen molar-refractivity contribution in [1.82, 2.24) is 4.98 Å². The van der Waals surface area contributed by atoms with Crippen LogP contribution in [0.5, 0.6) is 5.75 Å². The van der Waals surface area contributed by atoms with Crippen LogP contribution >= 0.6 is 0 Å². The van der Waals surface area contributed by atoms with Crippen LogP contribution in [0.2, 0.25) is 0 Å². The van der Waals surface area contributed by atoms with E-state index in [9.17, 15) is 15.0 Å². The molecule has 0 amide bonds. The summed E-state index contributed by atoms with van der Waals surface area (Å²) in [6.07, 6.45) is 2.32. The van der Waals surface area contributed by atoms with Gasteiger partial charge < -0.3 is 19.9 Å². The number of para-hydroxylation sites is 1. The highest BCUT2D eigenvalue weighted by molar-refractivity contribution is 5.84. The van der Waals surface area contributed by atoms with Gasteiger partial charge in [0.1, 0.15) is 12.4 Å². The fourth-order valence-corrected chi connectivity index (χ4v) is 2.39. The van der Waals surface area contributed by atoms with Gasteiger partial charge in [-0.2, -0.15) is 0 Å². The average molecular weight is 331 g/mol. The maximum atomic E-state index is 11.7. The summed E-state index contributed by atoms with van der Waals surface area (Å²) in [7, 11) is 0. The smallest absolute Gasteiger partial charge is 0.252 e. The fraction of sp³-hybridized carbons (Fsp3) is 0.421. The van der Waals surface area contributed by atoms with Crippen LogP contribution in [0.15, 0.2) is 46.8 Å². The second kappa shape index (κ2) is 7.64. The van der Waals surface area contributed by atoms with Gasteiger partial charge in [-0.05, 0) is 51.8 Å². The summed E-state index contributed by atoms with van der Waals surface area (Å²) in [4.78, 5) is 14.4. The molecule has 130 valence electrons. The van der Waals surface area contributed by atoms with E-state index >= 15 is 0 Å². The summed E-state index contributed by atoms with van der Waals surface area (Å²) in [5.74, 6) is 0.551. The summed E-state index contributed by atoms with van der Waals surface area (Å²) >= 11 is 0. The minimum atomic E-state index is -1.10. The van der Waals surface area contributed by atoms with E-state index in [0.717, 1.165) is 16.5 Å². The normalized spacial score (nSPS) is 14.0. The van der Waals surface area contributed by atoms with Crippen molar-refractivity contribution in [2.45, 2.75) is 45.3 Å². The highest BCUT2D eigenvalue weighted by Gasteiger charge is 2.23. The molecule has 2 rings (SSSR count). The van der Waals surface area contributed by atoms with Crippen molar-refractivity contribution in [2.24, 2.45) is 0 Å². The Kier molecular flexibility index (Phi) is 5.80. The number of allylic oxidation sites excluding steroid dienone is 1. The van der Waals surface area contributed by atoms with Crippen molar-refractivity contribution in [1.29, 1.82) is 0 Å². The minimum Gasteiger partial charge on any atom is -0.489 e. The Hall–Kier alpha value is -2.11. The standard InChI is InChI=1S/C19H25NO4/c1-13(8-9-17(21)19(2,3)23)10-11-24-16-12-18(22)20-15-7-5-4-6-14(15)16/h4-7,10,12,17,21,23H,8-9,11H2,1-3H3,(H,20,22)/b13-10+/t17-/m1/s1. The third-order valence-corrected chi connectivity index (χ3v) is 4.01. The molecule has 3 N–H and O–H groups in total. The zero-order valence-corrected chi connectivity index (χ0v) is 14.4. The van der Waals surface area contributed by atoms with E-state index < -0.39 is 11.7 Å². The molecule has 2 aromatic rings. The van der Waals surface area contributed by atoms with Gasteiger partial charge in [-0.1, -0.05) is 17.7 Å². The first-order valence-corrected chi connectivity index (χ1v) is 8.08. The summed E-state index contributed by atoms with van der Waals surface area (Å²) in [6, 6.07) is 8.94. The van der Waals surface area contributed by atoms with E-state index in [4.69, 9.17) is 4.74 Å². The molecule has 5 nitrogen and oxygen atoms in total. The van der Waals surface area contributed by atoms with Gasteiger partial charge in [-0.25, -0.2) is 0 Å². The largest absolute Gasteiger partial charge is 0.489 e. The van der Waals surface area contributed by atoms with Gasteiger partial charge in [0.25, 0.3) is 5.56 Å². The average Bonchev–Trinajstić information content (AvgIpc) is 2.51. The lowest BCUT2D eigenvalue weighted by Crippen LogP contribution is -2.35. The van der Waals surface area contributed by atoms with Gasteiger partial charge in [0.05, 0.1) is 17.2 Å². The number of fused-ring (bicyclic) bond motifs is 1. The second-order valence-electron chi connectivity index (χ2n) is 6.61. The van der Waals surface area contributed by atoms with Crippen molar-refractivity contribution < 1.29 is 14.9 Å². The first kappa shape index (κ1) is 18.2. The van der Waals surface area contributed by atoms with E-state index in [2.05, 4.69) is 4.98 Å². The van der Waals surface area contributed by atoms with Gasteiger partial charge in [0, 0.05) is 11.5 Å². The molecule has 0 saturated carbocycles. The van der Waals surface area contributed by atoms with Gasteiger partial charge in [-0.3, -0.25) is 4.79 Å². The molecule has 24 heavy (non-hydrogen) atoms. The first-order chi connectivity index (χ1) is 11.3. The van der Waals surface area contributed by atoms with E-state index in [0.29, 0.717) is 25.2 Å². The zero-order chi connectivity index (χ0) is 17.7. The number of benzene rings is 1. The van der Waals surface area contributed by atoms with E-state index in [-0.39, 0.29) is 5.56 Å². The van der Waals surface area contributed by atoms with E-state index in [1.165, 1.54) is 6.07 Å². The lowest BCUT2D eigenvalue weighted by Gasteiger charge is -2.24. The minimum absolute atomic E-state index is 0.197. The molecule has 1 aromatic heterocycles. The lowest BCUT2D eigenvalue weighted by molar-refractivity contribution is -0.0509. The lowest BCUT2D eigenvalue weighted by atomic mass is 9.96. The number of nitrogens with one attached hydrogen (secondary N) is 1. The van der Waals surface area contributed by atoms with Gasteiger partial charge in [-0.15, -0.1) is 0 Å². The summed E-state index contributed by atoms with van der Waals surface area (Å²) in [6.45, 7) is 5.49. The Morgan fingerprint density at radius 1 is 1.38 bits per heavy atom. The maximum Gasteiger partial charge on any atom is 0.252 e. The van der Waals surface area contributed by atoms with Crippen LogP contribution in [0.3, 0.4) is 0 Å². The Morgan fingerprint density at radius 3 is 2.79 bits per heavy atom. The van der Waals surface area contributed by atoms with Crippen LogP contribution in [0.25, 0.3) is 10.9 Å². The second-order valence-corrected chi connectivity index (χ2v) is 6.61. The van der Waals surface area contributed by atoms with Crippen molar-refractivity contribution in [2.75, 3.05) is 6.61 Å². The number of ether oxygens (including phenoxy) is 1. The van der Waals surface area contributed by atoms with Crippen molar-refractivity contribution >= 4 is 10.9 Å². The fourth-order valence-electron chi connectivity index (χ4n) is 2.39. The van der Waals surface area contributed by atoms with E-state index in [1.807, 2.05) is 37.3 Å². The molecule has 0 radical (unpaired) electrons. The molecule has 1 atom stereocenters. The molecule has 0 aliphatic heterocycles. The van der Waals surface area contributed by atoms with Crippen LogP contribution in [0, 0.1) is 0 Å². The quantitative estimate of drug-likeness (QED) is 0.681. The summed E-state index contributed by atoms with van der Waals surface area (Å²) in [5, 5.41) is 20.4. The molecule has 0 fully saturated rings. The summed E-state index contributed by atoms with van der Waals surface area (Å²) in [5.41, 5.74) is 0.514. The zero-order valence-electron chi connectivity index (χ0n) is 14.4. The molecule has 0 unspecified atom stereocenters. The Balaban J connectivity index is 1.97. The summed E-state index contributed by atoms with van der Waals surface area (Å²) < 4.78 is 5.74. The molecule has 0 saturated heterocycles. The number of rotatable bonds is 7. The molecule has 0 aliphatic carbocycles. The number of H-pyrrole nitrogens is 1. The van der Waals surface area contributed by atoms with Gasteiger partial charge in [0.15, 0.2) is 0 Å². The SMILES string of the molecule is C/C(=C\COc1cc(=O)[nH]c2ccccc12)CC[C@@H](O)C(C)(C)O. The Morgan fingerprint density at radius 2 is 2.08 bits per heavy atom. The maximum absolute atomic E-state index is 11.7. The van der Waals surface area contributed by atoms with Crippen LogP contribution in [-0.2, 0) is 0 Å². The van der Waals surface area contributed by atoms with Crippen LogP contribution in [-0.4, -0.2) is 33.5 Å². The highest BCUT2D eigenvalue weighted by atomic mass is 16.5. The topological polar surface area (TPSA) is 82.6 Å². The number of pyridine rings is 1. The van der Waals surface area contributed by atoms with Crippen molar-refractivity contribution in [3.63, 3.8) is 0 Å². The Bertz CT molecular complexity index is 771. The molecule has 0 bridgehead atoms. The molecular formula is C19H25NO4. The number of aliphatic hydroxyl groups is 2. The predicted molar refractivity (Wildman–Crippen MR) is 95.4 cm³/mol. The predicted octanol–water partition coefficient (Wildman–Crippen LogP) is 2.77. The third kappa shape index (κ3) is 4.94. The van der Waals surface area contributed by atoms with Gasteiger partial charge >= 0.3 is 0 Å². The van der Waals surface area contributed by atoms with Crippen molar-refractivity contribution in [3.05, 3.63) is 52.3 Å². The first-order valence-electron chi connectivity index (χ1n) is 8.08. The van der Waals surface area contributed by atoms with Crippen LogP contribution in [0.1, 0.15) is 33.6 Å². The molecule has 0 spiro atoms. The van der Waals surface area contributed by atoms with Crippen molar-refractivity contribution in [3.8, 4) is 5.75 Å². The molecular weight excluding hydrogens is 306 g/mol. The number of hydrogen-bond donors (Lipinski definition) is 3. The monoisotopic (exact) mass is 331 g/mol. The number of aliphatic hydroxyl groups excluding tert-OH is 1. The Labute approximate surface area is 141 Å². The van der Waals surface area contributed by atoms with E-state index in [1.54, 1.807) is 13.8 Å². The molecule has 5 heteroatoms. The number of aromatic nitrogens is 1. The van der Waals surface area contributed by atoms with Gasteiger partial charge in [0.2, 0.25) is 0 Å². The number of hydrogen-bond acceptors (Lipinski definition) is 4. The number of aromatic amines is 1. The molecule has 1 aromatic carbocycles. The van der Waals surface area contributed by atoms with Crippen LogP contribution < -0.4 is 10.3 Å². The molecule has 0 aliphatic rings. The molecule has 1 heterocycles. The third-order valence-electron chi connectivity index (χ3n) is 4.01. The van der Waals surface area contributed by atoms with Crippen LogP contribution in [0.4, 0.5) is 0 Å².